The summed E-state index contributed by atoms with van der Waals surface area (Å²) < 4.78 is 48.9. The Morgan fingerprint density at radius 2 is 0.780 bits per heavy atom. The van der Waals surface area contributed by atoms with Crippen LogP contribution in [0.5, 0.6) is 0 Å². The quantitative estimate of drug-likeness (QED) is 0.204. The minimum absolute atomic E-state index is 0.138. The Morgan fingerprint density at radius 3 is 1.12 bits per heavy atom. The van der Waals surface area contributed by atoms with E-state index < -0.39 is 11.7 Å². The summed E-state index contributed by atoms with van der Waals surface area (Å²) in [5.41, 5.74) is 8.43. The average Bonchev–Trinajstić information content (AvgIpc) is 3.39. The third kappa shape index (κ3) is 3.86. The van der Waals surface area contributed by atoms with Crippen LogP contribution in [0.25, 0.3) is 55.0 Å². The van der Waals surface area contributed by atoms with Gasteiger partial charge in [0.15, 0.2) is 0 Å². The molecule has 0 N–H and O–H groups in total. The van der Waals surface area contributed by atoms with E-state index in [0.717, 1.165) is 71.4 Å². The van der Waals surface area contributed by atoms with E-state index >= 15 is 13.2 Å². The van der Waals surface area contributed by atoms with Crippen LogP contribution in [0.15, 0.2) is 84.9 Å². The van der Waals surface area contributed by atoms with E-state index in [4.69, 9.17) is 0 Å². The van der Waals surface area contributed by atoms with Crippen LogP contribution in [-0.4, -0.2) is 9.13 Å². The lowest BCUT2D eigenvalue weighted by Crippen LogP contribution is -2.13. The fraction of sp³-hybridized carbons (Fsp3) is 0.167. The molecule has 0 radical (unpaired) electrons. The molecule has 0 atom stereocenters. The molecule has 0 aliphatic carbocycles. The van der Waals surface area contributed by atoms with Gasteiger partial charge >= 0.3 is 6.18 Å². The van der Waals surface area contributed by atoms with Crippen LogP contribution >= 0.6 is 0 Å². The lowest BCUT2D eigenvalue weighted by atomic mass is 10.1. The lowest BCUT2D eigenvalue weighted by molar-refractivity contribution is -0.137. The third-order valence-electron chi connectivity index (χ3n) is 8.25. The molecule has 0 saturated heterocycles. The highest BCUT2D eigenvalue weighted by molar-refractivity contribution is 6.11. The maximum absolute atomic E-state index is 15.0. The standard InChI is InChI=1S/C36H29F3N2/c1-20-6-10-30-25(14-20)26-15-21(2)7-11-31(26)40(30)34-19-29(36(37,38)39)35(18-24(34)5)41-32-12-8-22(3)16-27(32)28-17-23(4)9-13-33(28)41/h6-19H,1-5H3. The maximum Gasteiger partial charge on any atom is 0.418 e. The van der Waals surface area contributed by atoms with Gasteiger partial charge in [-0.05, 0) is 101 Å². The highest BCUT2D eigenvalue weighted by Crippen LogP contribution is 2.42. The Morgan fingerprint density at radius 1 is 0.439 bits per heavy atom. The molecule has 0 unspecified atom stereocenters. The zero-order valence-electron chi connectivity index (χ0n) is 23.6. The number of rotatable bonds is 2. The molecule has 2 aromatic heterocycles. The van der Waals surface area contributed by atoms with Crippen molar-refractivity contribution in [2.45, 2.75) is 40.8 Å². The molecule has 0 saturated carbocycles. The first kappa shape index (κ1) is 25.5. The molecule has 5 aromatic carbocycles. The zero-order valence-corrected chi connectivity index (χ0v) is 23.6. The molecule has 41 heavy (non-hydrogen) atoms. The average molecular weight is 547 g/mol. The summed E-state index contributed by atoms with van der Waals surface area (Å²) in [5, 5.41) is 3.97. The van der Waals surface area contributed by atoms with E-state index in [2.05, 4.69) is 24.3 Å². The second kappa shape index (κ2) is 8.74. The number of benzene rings is 5. The highest BCUT2D eigenvalue weighted by atomic mass is 19.4. The Hall–Kier alpha value is -4.51. The normalized spacial score (nSPS) is 12.4. The van der Waals surface area contributed by atoms with Crippen molar-refractivity contribution >= 4 is 43.6 Å². The number of alkyl halides is 3. The maximum atomic E-state index is 15.0. The number of hydrogen-bond donors (Lipinski definition) is 0. The Balaban J connectivity index is 1.60. The van der Waals surface area contributed by atoms with Gasteiger partial charge in [0, 0.05) is 27.2 Å². The van der Waals surface area contributed by atoms with Crippen molar-refractivity contribution in [1.82, 2.24) is 9.13 Å². The fourth-order valence-electron chi connectivity index (χ4n) is 6.36. The minimum Gasteiger partial charge on any atom is -0.309 e. The van der Waals surface area contributed by atoms with Gasteiger partial charge in [0.25, 0.3) is 0 Å². The van der Waals surface area contributed by atoms with Crippen LogP contribution in [0.3, 0.4) is 0 Å². The van der Waals surface area contributed by atoms with Gasteiger partial charge in [0.05, 0.1) is 33.3 Å². The first-order chi connectivity index (χ1) is 19.5. The molecule has 0 spiro atoms. The summed E-state index contributed by atoms with van der Waals surface area (Å²) in [6.07, 6.45) is -4.57. The molecule has 0 bridgehead atoms. The largest absolute Gasteiger partial charge is 0.418 e. The minimum atomic E-state index is -4.57. The van der Waals surface area contributed by atoms with E-state index in [0.29, 0.717) is 5.69 Å². The van der Waals surface area contributed by atoms with Crippen molar-refractivity contribution in [2.75, 3.05) is 0 Å². The number of halogens is 3. The predicted octanol–water partition coefficient (Wildman–Crippen LogP) is 10.4. The molecular formula is C36H29F3N2. The van der Waals surface area contributed by atoms with Gasteiger partial charge in [-0.25, -0.2) is 0 Å². The van der Waals surface area contributed by atoms with Crippen LogP contribution in [0.2, 0.25) is 0 Å². The number of nitrogens with zero attached hydrogens (tertiary/aromatic N) is 2. The van der Waals surface area contributed by atoms with E-state index in [1.807, 2.05) is 87.7 Å². The van der Waals surface area contributed by atoms with Crippen LogP contribution in [0.4, 0.5) is 13.2 Å². The summed E-state index contributed by atoms with van der Waals surface area (Å²) in [4.78, 5) is 0. The van der Waals surface area contributed by atoms with Gasteiger partial charge in [-0.2, -0.15) is 13.2 Å². The molecule has 7 aromatic rings. The smallest absolute Gasteiger partial charge is 0.309 e. The topological polar surface area (TPSA) is 9.86 Å². The first-order valence-corrected chi connectivity index (χ1v) is 13.8. The van der Waals surface area contributed by atoms with Crippen LogP contribution in [0.1, 0.15) is 33.4 Å². The van der Waals surface area contributed by atoms with E-state index in [1.165, 1.54) is 6.07 Å². The SMILES string of the molecule is Cc1ccc2c(c1)c1cc(C)ccc1n2-c1cc(C(F)(F)F)c(-n2c3ccc(C)cc3c3cc(C)ccc32)cc1C. The van der Waals surface area contributed by atoms with Crippen molar-refractivity contribution in [2.24, 2.45) is 0 Å². The van der Waals surface area contributed by atoms with Crippen molar-refractivity contribution in [3.63, 3.8) is 0 Å². The van der Waals surface area contributed by atoms with Gasteiger partial charge in [-0.15, -0.1) is 0 Å². The summed E-state index contributed by atoms with van der Waals surface area (Å²) in [7, 11) is 0. The van der Waals surface area contributed by atoms with Gasteiger partial charge in [-0.3, -0.25) is 0 Å². The Kier molecular flexibility index (Phi) is 5.43. The number of aromatic nitrogens is 2. The number of fused-ring (bicyclic) bond motifs is 6. The zero-order chi connectivity index (χ0) is 28.8. The molecular weight excluding hydrogens is 517 g/mol. The summed E-state index contributed by atoms with van der Waals surface area (Å²) in [6, 6.07) is 27.2. The van der Waals surface area contributed by atoms with E-state index in [-0.39, 0.29) is 5.69 Å². The van der Waals surface area contributed by atoms with Gasteiger partial charge < -0.3 is 9.13 Å². The van der Waals surface area contributed by atoms with Crippen molar-refractivity contribution in [1.29, 1.82) is 0 Å². The van der Waals surface area contributed by atoms with Crippen molar-refractivity contribution in [3.8, 4) is 11.4 Å². The highest BCUT2D eigenvalue weighted by Gasteiger charge is 2.36. The molecule has 0 aliphatic heterocycles. The molecule has 7 rings (SSSR count). The van der Waals surface area contributed by atoms with Crippen LogP contribution < -0.4 is 0 Å². The lowest BCUT2D eigenvalue weighted by Gasteiger charge is -2.20. The number of aryl methyl sites for hydroxylation is 5. The van der Waals surface area contributed by atoms with Gasteiger partial charge in [-0.1, -0.05) is 46.5 Å². The Bertz CT molecular complexity index is 2070. The molecule has 5 heteroatoms. The fourth-order valence-corrected chi connectivity index (χ4v) is 6.36. The van der Waals surface area contributed by atoms with Gasteiger partial charge in [0.1, 0.15) is 0 Å². The Labute approximate surface area is 236 Å². The molecule has 204 valence electrons. The third-order valence-corrected chi connectivity index (χ3v) is 8.25. The molecule has 0 fully saturated rings. The van der Waals surface area contributed by atoms with Crippen molar-refractivity contribution in [3.05, 3.63) is 118 Å². The summed E-state index contributed by atoms with van der Waals surface area (Å²) in [6.45, 7) is 9.99. The molecule has 2 nitrogen and oxygen atoms in total. The summed E-state index contributed by atoms with van der Waals surface area (Å²) in [5.74, 6) is 0. The second-order valence-corrected chi connectivity index (χ2v) is 11.4. The van der Waals surface area contributed by atoms with E-state index in [9.17, 15) is 0 Å². The molecule has 2 heterocycles. The first-order valence-electron chi connectivity index (χ1n) is 13.8. The predicted molar refractivity (Wildman–Crippen MR) is 164 cm³/mol. The van der Waals surface area contributed by atoms with Gasteiger partial charge in [0.2, 0.25) is 0 Å². The summed E-state index contributed by atoms with van der Waals surface area (Å²) >= 11 is 0. The number of hydrogen-bond acceptors (Lipinski definition) is 0. The van der Waals surface area contributed by atoms with Crippen LogP contribution in [-0.2, 0) is 6.18 Å². The van der Waals surface area contributed by atoms with Crippen molar-refractivity contribution < 1.29 is 13.2 Å². The molecule has 0 aliphatic rings. The van der Waals surface area contributed by atoms with E-state index in [1.54, 1.807) is 10.6 Å². The van der Waals surface area contributed by atoms with Crippen LogP contribution in [0, 0.1) is 34.6 Å². The second-order valence-electron chi connectivity index (χ2n) is 11.4. The molecule has 0 amide bonds. The monoisotopic (exact) mass is 546 g/mol.